The Balaban J connectivity index is 1.15. The van der Waals surface area contributed by atoms with Crippen LogP contribution in [0, 0.1) is 28.6 Å². The number of nitrogens with zero attached hydrogens (tertiary/aromatic N) is 3. The average Bonchev–Trinajstić information content (AvgIpc) is 3.61. The highest BCUT2D eigenvalue weighted by Crippen LogP contribution is 2.50. The summed E-state index contributed by atoms with van der Waals surface area (Å²) in [6, 6.07) is -0.514. The zero-order valence-electron chi connectivity index (χ0n) is 27.9. The van der Waals surface area contributed by atoms with Gasteiger partial charge in [0.2, 0.25) is 17.7 Å². The van der Waals surface area contributed by atoms with Gasteiger partial charge >= 0.3 is 0 Å². The molecule has 47 heavy (non-hydrogen) atoms. The Morgan fingerprint density at radius 3 is 2.40 bits per heavy atom. The van der Waals surface area contributed by atoms with Crippen LogP contribution in [0.25, 0.3) is 0 Å². The molecular formula is C34H50F2N4O6S. The van der Waals surface area contributed by atoms with Crippen LogP contribution in [0.4, 0.5) is 8.78 Å². The van der Waals surface area contributed by atoms with Crippen LogP contribution >= 0.6 is 11.3 Å². The second kappa shape index (κ2) is 14.0. The first-order chi connectivity index (χ1) is 22.4. The van der Waals surface area contributed by atoms with Crippen molar-refractivity contribution < 1.29 is 37.4 Å². The molecule has 1 spiro atoms. The number of alkyl halides is 2. The van der Waals surface area contributed by atoms with E-state index in [1.165, 1.54) is 11.3 Å². The van der Waals surface area contributed by atoms with Gasteiger partial charge in [0.15, 0.2) is 0 Å². The molecule has 3 saturated heterocycles. The molecule has 3 aliphatic heterocycles. The van der Waals surface area contributed by atoms with E-state index in [0.29, 0.717) is 56.2 Å². The standard InChI is InChI=1S/C34H50F2N4O6S/c1-22(45-16-23-8-12-44-13-9-23)27(17-46-25-6-10-34(35,36)11-7-25)38-29(41)26-15-39(30(42)28-14-37-21-47-28)18-33(26)19-40(20-33)31(43)32(2,3)24-4-5-24/h14,21-27H,4-13,15-20H2,1-3H3,(H,38,41)/t22-,26+,27-/m1/s1. The number of hydrogen-bond donors (Lipinski definition) is 1. The molecule has 2 aliphatic carbocycles. The number of aromatic nitrogens is 1. The zero-order chi connectivity index (χ0) is 33.4. The zero-order valence-corrected chi connectivity index (χ0v) is 28.7. The largest absolute Gasteiger partial charge is 0.381 e. The third kappa shape index (κ3) is 7.83. The quantitative estimate of drug-likeness (QED) is 0.349. The first-order valence-corrected chi connectivity index (χ1v) is 18.2. The fourth-order valence-electron chi connectivity index (χ4n) is 7.84. The Hall–Kier alpha value is -2.22. The molecule has 5 fully saturated rings. The van der Waals surface area contributed by atoms with E-state index >= 15 is 0 Å². The molecule has 10 nitrogen and oxygen atoms in total. The lowest BCUT2D eigenvalue weighted by atomic mass is 9.69. The van der Waals surface area contributed by atoms with Gasteiger partial charge in [0.25, 0.3) is 5.91 Å². The second-order valence-corrected chi connectivity index (χ2v) is 16.1. The van der Waals surface area contributed by atoms with E-state index < -0.39 is 34.8 Å². The number of carbonyl (C=O) groups is 3. The highest BCUT2D eigenvalue weighted by Gasteiger charge is 2.61. The predicted octanol–water partition coefficient (Wildman–Crippen LogP) is 4.39. The Morgan fingerprint density at radius 2 is 1.77 bits per heavy atom. The summed E-state index contributed by atoms with van der Waals surface area (Å²) in [5.41, 5.74) is 0.609. The molecule has 0 aromatic carbocycles. The molecule has 5 aliphatic rings. The summed E-state index contributed by atoms with van der Waals surface area (Å²) in [6.07, 6.45) is 4.93. The van der Waals surface area contributed by atoms with Gasteiger partial charge in [-0.2, -0.15) is 0 Å². The molecule has 0 radical (unpaired) electrons. The SMILES string of the molecule is C[C@@H](OCC1CCOCC1)[C@@H](COC1CCC(F)(F)CC1)NC(=O)[C@@H]1CN(C(=O)c2cncs2)CC12CN(C(=O)C(C)(C)C1CC1)C2. The van der Waals surface area contributed by atoms with E-state index in [4.69, 9.17) is 14.2 Å². The van der Waals surface area contributed by atoms with Crippen molar-refractivity contribution in [1.82, 2.24) is 20.1 Å². The van der Waals surface area contributed by atoms with Crippen LogP contribution in [-0.2, 0) is 23.8 Å². The number of rotatable bonds is 12. The van der Waals surface area contributed by atoms with Crippen molar-refractivity contribution in [3.05, 3.63) is 16.6 Å². The molecule has 0 bridgehead atoms. The average molecular weight is 681 g/mol. The van der Waals surface area contributed by atoms with E-state index in [1.807, 2.05) is 25.7 Å². The minimum atomic E-state index is -2.65. The molecule has 3 amide bonds. The normalized spacial score (nSPS) is 26.2. The molecule has 3 atom stereocenters. The third-order valence-corrected chi connectivity index (χ3v) is 12.1. The maximum absolute atomic E-state index is 14.3. The first kappa shape index (κ1) is 34.6. The van der Waals surface area contributed by atoms with Crippen LogP contribution in [0.15, 0.2) is 11.7 Å². The van der Waals surface area contributed by atoms with Gasteiger partial charge in [0.05, 0.1) is 49.1 Å². The molecule has 2 saturated carbocycles. The van der Waals surface area contributed by atoms with Crippen molar-refractivity contribution in [3.63, 3.8) is 0 Å². The number of hydrogen-bond acceptors (Lipinski definition) is 8. The first-order valence-electron chi connectivity index (χ1n) is 17.3. The summed E-state index contributed by atoms with van der Waals surface area (Å²) < 4.78 is 45.6. The summed E-state index contributed by atoms with van der Waals surface area (Å²) in [5, 5.41) is 3.21. The number of halogens is 2. The van der Waals surface area contributed by atoms with Gasteiger partial charge in [0, 0.05) is 63.1 Å². The Bertz CT molecular complexity index is 1260. The maximum Gasteiger partial charge on any atom is 0.265 e. The van der Waals surface area contributed by atoms with Crippen LogP contribution in [-0.4, -0.2) is 109 Å². The van der Waals surface area contributed by atoms with Crippen molar-refractivity contribution >= 4 is 29.1 Å². The summed E-state index contributed by atoms with van der Waals surface area (Å²) in [6.45, 7) is 9.46. The minimum Gasteiger partial charge on any atom is -0.381 e. The van der Waals surface area contributed by atoms with Crippen LogP contribution < -0.4 is 5.32 Å². The van der Waals surface area contributed by atoms with Crippen molar-refractivity contribution in [3.8, 4) is 0 Å². The smallest absolute Gasteiger partial charge is 0.265 e. The second-order valence-electron chi connectivity index (χ2n) is 15.2. The molecule has 262 valence electrons. The number of carbonyl (C=O) groups excluding carboxylic acids is 3. The van der Waals surface area contributed by atoms with E-state index in [-0.39, 0.29) is 62.7 Å². The molecular weight excluding hydrogens is 630 g/mol. The minimum absolute atomic E-state index is 0.108. The van der Waals surface area contributed by atoms with E-state index in [9.17, 15) is 23.2 Å². The van der Waals surface area contributed by atoms with Gasteiger partial charge in [-0.1, -0.05) is 13.8 Å². The highest BCUT2D eigenvalue weighted by molar-refractivity contribution is 7.11. The van der Waals surface area contributed by atoms with Crippen molar-refractivity contribution in [2.45, 2.75) is 96.3 Å². The van der Waals surface area contributed by atoms with E-state index in [2.05, 4.69) is 10.3 Å². The van der Waals surface area contributed by atoms with Gasteiger partial charge < -0.3 is 29.3 Å². The number of ether oxygens (including phenoxy) is 3. The van der Waals surface area contributed by atoms with Gasteiger partial charge in [-0.3, -0.25) is 19.4 Å². The summed E-state index contributed by atoms with van der Waals surface area (Å²) in [7, 11) is 0. The molecule has 0 unspecified atom stereocenters. The van der Waals surface area contributed by atoms with E-state index in [1.54, 1.807) is 16.6 Å². The van der Waals surface area contributed by atoms with Gasteiger partial charge in [-0.05, 0) is 57.3 Å². The number of nitrogens with one attached hydrogen (secondary N) is 1. The van der Waals surface area contributed by atoms with Crippen molar-refractivity contribution in [1.29, 1.82) is 0 Å². The molecule has 1 aromatic heterocycles. The van der Waals surface area contributed by atoms with E-state index in [0.717, 1.165) is 25.7 Å². The van der Waals surface area contributed by atoms with Gasteiger partial charge in [-0.15, -0.1) is 11.3 Å². The van der Waals surface area contributed by atoms with Crippen molar-refractivity contribution in [2.24, 2.45) is 28.6 Å². The Kier molecular flexibility index (Phi) is 10.3. The van der Waals surface area contributed by atoms with Crippen LogP contribution in [0.2, 0.25) is 0 Å². The lowest BCUT2D eigenvalue weighted by molar-refractivity contribution is -0.159. The topological polar surface area (TPSA) is 110 Å². The lowest BCUT2D eigenvalue weighted by Crippen LogP contribution is -2.66. The monoisotopic (exact) mass is 680 g/mol. The fraction of sp³-hybridized carbons (Fsp3) is 0.824. The summed E-state index contributed by atoms with van der Waals surface area (Å²) in [5.74, 6) is -2.69. The fourth-order valence-corrected chi connectivity index (χ4v) is 8.43. The van der Waals surface area contributed by atoms with Crippen LogP contribution in [0.5, 0.6) is 0 Å². The number of likely N-dealkylation sites (tertiary alicyclic amines) is 2. The molecule has 13 heteroatoms. The Labute approximate surface area is 280 Å². The van der Waals surface area contributed by atoms with Gasteiger partial charge in [-0.25, -0.2) is 8.78 Å². The lowest BCUT2D eigenvalue weighted by Gasteiger charge is -2.52. The Morgan fingerprint density at radius 1 is 1.09 bits per heavy atom. The molecule has 1 aromatic rings. The van der Waals surface area contributed by atoms with Crippen LogP contribution in [0.1, 0.15) is 81.8 Å². The van der Waals surface area contributed by atoms with Crippen molar-refractivity contribution in [2.75, 3.05) is 52.6 Å². The number of thiazole rings is 1. The molecule has 4 heterocycles. The van der Waals surface area contributed by atoms with Gasteiger partial charge in [0.1, 0.15) is 4.88 Å². The molecule has 1 N–H and O–H groups in total. The maximum atomic E-state index is 14.3. The predicted molar refractivity (Wildman–Crippen MR) is 171 cm³/mol. The highest BCUT2D eigenvalue weighted by atomic mass is 32.1. The third-order valence-electron chi connectivity index (χ3n) is 11.3. The summed E-state index contributed by atoms with van der Waals surface area (Å²) >= 11 is 1.27. The summed E-state index contributed by atoms with van der Waals surface area (Å²) in [4.78, 5) is 49.4. The van der Waals surface area contributed by atoms with Crippen LogP contribution in [0.3, 0.4) is 0 Å². The molecule has 6 rings (SSSR count). The number of amides is 3.